The Labute approximate surface area is 228 Å². The number of fused-ring (bicyclic) bond motifs is 1. The molecule has 2 aliphatic rings. The number of nitriles is 1. The molecule has 6 N–H and O–H groups in total. The third-order valence-electron chi connectivity index (χ3n) is 5.45. The van der Waals surface area contributed by atoms with Crippen molar-refractivity contribution in [3.05, 3.63) is 59.3 Å². The molecule has 4 heterocycles. The Morgan fingerprint density at radius 1 is 1.38 bits per heavy atom. The van der Waals surface area contributed by atoms with Gasteiger partial charge < -0.3 is 26.7 Å². The van der Waals surface area contributed by atoms with Gasteiger partial charge in [0.25, 0.3) is 11.8 Å². The first-order valence-corrected chi connectivity index (χ1v) is 12.9. The highest BCUT2D eigenvalue weighted by Crippen LogP contribution is 2.40. The molecule has 0 bridgehead atoms. The van der Waals surface area contributed by atoms with Crippen LogP contribution in [-0.2, 0) is 25.8 Å². The molecule has 2 aromatic heterocycles. The van der Waals surface area contributed by atoms with E-state index in [2.05, 4.69) is 19.8 Å². The van der Waals surface area contributed by atoms with Crippen LogP contribution in [0.5, 0.6) is 0 Å². The normalized spacial score (nSPS) is 18.8. The van der Waals surface area contributed by atoms with E-state index in [1.54, 1.807) is 47.3 Å². The summed E-state index contributed by atoms with van der Waals surface area (Å²) in [5, 5.41) is 24.0. The molecule has 3 amide bonds. The fourth-order valence-electron chi connectivity index (χ4n) is 3.68. The quantitative estimate of drug-likeness (QED) is 0.0866. The first-order chi connectivity index (χ1) is 18.7. The standard InChI is InChI=1S/C22H19N9O6S2/c23-5-9-37-28-13(17-27-22(25)39-29-17)18(33)26-14-19(34)31-15(21(35)36)12(10-38-20(14)31)2-1-6-30-7-3-11(4-8-30)16(24)32/h1-4,7-8,14,20H,6,9-10H2,(H5-,24,25,26,27,29,32,33,35,36)/p+1/t14-,20+/m1/s1. The number of carboxylic acid groups (broad SMARTS) is 1. The van der Waals surface area contributed by atoms with Gasteiger partial charge in [0.2, 0.25) is 24.1 Å². The van der Waals surface area contributed by atoms with Crippen molar-refractivity contribution in [1.29, 1.82) is 5.26 Å². The summed E-state index contributed by atoms with van der Waals surface area (Å²) < 4.78 is 5.67. The number of β-lactam (4-membered cyclic amide) rings is 1. The molecule has 15 nitrogen and oxygen atoms in total. The number of oxime groups is 1. The Morgan fingerprint density at radius 3 is 2.74 bits per heavy atom. The van der Waals surface area contributed by atoms with E-state index in [9.17, 15) is 24.3 Å². The van der Waals surface area contributed by atoms with Crippen LogP contribution in [0.4, 0.5) is 5.13 Å². The highest BCUT2D eigenvalue weighted by Gasteiger charge is 2.54. The minimum atomic E-state index is -1.29. The van der Waals surface area contributed by atoms with E-state index in [1.165, 1.54) is 11.8 Å². The predicted octanol–water partition coefficient (Wildman–Crippen LogP) is -1.25. The minimum Gasteiger partial charge on any atom is -0.477 e. The number of nitrogen functional groups attached to an aromatic ring is 1. The second-order valence-electron chi connectivity index (χ2n) is 7.92. The van der Waals surface area contributed by atoms with Crippen molar-refractivity contribution in [2.45, 2.75) is 18.0 Å². The zero-order chi connectivity index (χ0) is 28.1. The number of carboxylic acids is 1. The number of amides is 3. The lowest BCUT2D eigenvalue weighted by molar-refractivity contribution is -0.687. The molecule has 0 radical (unpaired) electrons. The van der Waals surface area contributed by atoms with Crippen LogP contribution >= 0.6 is 23.3 Å². The van der Waals surface area contributed by atoms with E-state index in [-0.39, 0.29) is 28.1 Å². The molecule has 17 heteroatoms. The summed E-state index contributed by atoms with van der Waals surface area (Å²) in [7, 11) is 0. The summed E-state index contributed by atoms with van der Waals surface area (Å²) in [5.41, 5.74) is 11.0. The minimum absolute atomic E-state index is 0.0670. The average molecular weight is 571 g/mol. The van der Waals surface area contributed by atoms with Gasteiger partial charge in [-0.15, -0.1) is 11.8 Å². The van der Waals surface area contributed by atoms with Gasteiger partial charge in [0.1, 0.15) is 23.2 Å². The van der Waals surface area contributed by atoms with Crippen molar-refractivity contribution in [2.24, 2.45) is 10.9 Å². The van der Waals surface area contributed by atoms with E-state index in [0.717, 1.165) is 16.4 Å². The number of rotatable bonds is 10. The second kappa shape index (κ2) is 11.7. The van der Waals surface area contributed by atoms with Crippen LogP contribution in [-0.4, -0.2) is 72.5 Å². The number of nitrogens with two attached hydrogens (primary N) is 2. The molecule has 1 fully saturated rings. The van der Waals surface area contributed by atoms with Crippen LogP contribution in [0.3, 0.4) is 0 Å². The zero-order valence-electron chi connectivity index (χ0n) is 19.9. The van der Waals surface area contributed by atoms with E-state index in [1.807, 2.05) is 0 Å². The number of allylic oxidation sites excluding steroid dienone is 2. The summed E-state index contributed by atoms with van der Waals surface area (Å²) in [6, 6.07) is 3.79. The number of nitrogens with one attached hydrogen (secondary N) is 1. The highest BCUT2D eigenvalue weighted by molar-refractivity contribution is 8.00. The van der Waals surface area contributed by atoms with Crippen LogP contribution in [0.25, 0.3) is 0 Å². The van der Waals surface area contributed by atoms with Gasteiger partial charge in [-0.05, 0) is 11.6 Å². The Bertz CT molecular complexity index is 1460. The van der Waals surface area contributed by atoms with Gasteiger partial charge in [-0.1, -0.05) is 11.2 Å². The number of aromatic nitrogens is 3. The molecule has 0 aromatic carbocycles. The fourth-order valence-corrected chi connectivity index (χ4v) is 5.43. The van der Waals surface area contributed by atoms with Crippen molar-refractivity contribution in [3.63, 3.8) is 0 Å². The number of thioether (sulfide) groups is 1. The van der Waals surface area contributed by atoms with Crippen LogP contribution < -0.4 is 21.4 Å². The summed E-state index contributed by atoms with van der Waals surface area (Å²) in [4.78, 5) is 59.0. The zero-order valence-corrected chi connectivity index (χ0v) is 21.5. The first-order valence-electron chi connectivity index (χ1n) is 11.0. The Kier molecular flexibility index (Phi) is 8.17. The molecular weight excluding hydrogens is 550 g/mol. The Morgan fingerprint density at radius 2 is 2.13 bits per heavy atom. The topological polar surface area (TPSA) is 231 Å². The Hall–Kier alpha value is -4.82. The van der Waals surface area contributed by atoms with Gasteiger partial charge in [-0.2, -0.15) is 14.6 Å². The van der Waals surface area contributed by atoms with Gasteiger partial charge in [-0.3, -0.25) is 19.3 Å². The largest absolute Gasteiger partial charge is 0.477 e. The Balaban J connectivity index is 1.47. The number of aliphatic carboxylic acids is 1. The van der Waals surface area contributed by atoms with Gasteiger partial charge >= 0.3 is 5.97 Å². The van der Waals surface area contributed by atoms with Crippen molar-refractivity contribution < 1.29 is 33.7 Å². The number of carbonyl (C=O) groups excluding carboxylic acids is 3. The van der Waals surface area contributed by atoms with Crippen molar-refractivity contribution >= 4 is 57.8 Å². The lowest BCUT2D eigenvalue weighted by Crippen LogP contribution is -2.71. The number of primary amides is 1. The number of anilines is 1. The number of hydrogen-bond donors (Lipinski definition) is 4. The van der Waals surface area contributed by atoms with E-state index >= 15 is 0 Å². The van der Waals surface area contributed by atoms with Gasteiger partial charge in [-0.25, -0.2) is 9.36 Å². The average Bonchev–Trinajstić information content (AvgIpc) is 3.35. The fraction of sp³-hybridized carbons (Fsp3) is 0.227. The number of nitrogens with zero attached hydrogens (tertiary/aromatic N) is 6. The van der Waals surface area contributed by atoms with Crippen LogP contribution in [0.2, 0.25) is 0 Å². The van der Waals surface area contributed by atoms with Crippen LogP contribution in [0.15, 0.2) is 53.1 Å². The maximum absolute atomic E-state index is 13.0. The van der Waals surface area contributed by atoms with Gasteiger partial charge in [0.15, 0.2) is 24.1 Å². The van der Waals surface area contributed by atoms with Gasteiger partial charge in [0.05, 0.1) is 5.56 Å². The maximum atomic E-state index is 13.0. The van der Waals surface area contributed by atoms with E-state index in [4.69, 9.17) is 21.6 Å². The van der Waals surface area contributed by atoms with Crippen LogP contribution in [0.1, 0.15) is 16.2 Å². The highest BCUT2D eigenvalue weighted by atomic mass is 32.2. The van der Waals surface area contributed by atoms with Crippen molar-refractivity contribution in [3.8, 4) is 6.07 Å². The van der Waals surface area contributed by atoms with Crippen molar-refractivity contribution in [2.75, 3.05) is 18.1 Å². The SMILES string of the molecule is N#CCON=C(C(=O)N[C@@H]1C(=O)N2C(C(=O)O)=C(C=CC[n+]3ccc(C(N)=O)cc3)CS[C@@H]12)c1nsc(N)n1. The second-order valence-corrected chi connectivity index (χ2v) is 9.81. The van der Waals surface area contributed by atoms with Gasteiger partial charge in [0, 0.05) is 29.4 Å². The van der Waals surface area contributed by atoms with Crippen molar-refractivity contribution in [1.82, 2.24) is 19.6 Å². The summed E-state index contributed by atoms with van der Waals surface area (Å²) >= 11 is 2.09. The summed E-state index contributed by atoms with van der Waals surface area (Å²) in [6.07, 6.45) is 6.67. The third-order valence-corrected chi connectivity index (χ3v) is 7.30. The molecule has 0 spiro atoms. The summed E-state index contributed by atoms with van der Waals surface area (Å²) in [6.45, 7) is -0.0629. The third kappa shape index (κ3) is 5.86. The number of hydrogen-bond acceptors (Lipinski definition) is 12. The van der Waals surface area contributed by atoms with Crippen LogP contribution in [0, 0.1) is 11.3 Å². The molecule has 0 unspecified atom stereocenters. The first kappa shape index (κ1) is 27.2. The smallest absolute Gasteiger partial charge is 0.352 e. The maximum Gasteiger partial charge on any atom is 0.352 e. The molecule has 39 heavy (non-hydrogen) atoms. The number of carbonyl (C=O) groups is 4. The molecule has 0 aliphatic carbocycles. The molecular formula is C22H20N9O6S2+. The predicted molar refractivity (Wildman–Crippen MR) is 136 cm³/mol. The molecule has 2 atom stereocenters. The lowest BCUT2D eigenvalue weighted by atomic mass is 10.0. The summed E-state index contributed by atoms with van der Waals surface area (Å²) in [5.74, 6) is -3.18. The van der Waals surface area contributed by atoms with E-state index < -0.39 is 41.7 Å². The molecule has 2 aliphatic heterocycles. The number of pyridine rings is 1. The molecule has 1 saturated heterocycles. The molecule has 0 saturated carbocycles. The van der Waals surface area contributed by atoms with E-state index in [0.29, 0.717) is 17.7 Å². The molecule has 4 rings (SSSR count). The monoisotopic (exact) mass is 570 g/mol. The molecule has 2 aromatic rings. The molecule has 200 valence electrons. The lowest BCUT2D eigenvalue weighted by Gasteiger charge is -2.49.